The smallest absolute Gasteiger partial charge is 0.239 e. The minimum atomic E-state index is -0.143. The molecule has 1 aromatic carbocycles. The van der Waals surface area contributed by atoms with Gasteiger partial charge in [0.25, 0.3) is 0 Å². The topological polar surface area (TPSA) is 69.6 Å². The summed E-state index contributed by atoms with van der Waals surface area (Å²) in [5, 5.41) is 14.5. The van der Waals surface area contributed by atoms with E-state index in [2.05, 4.69) is 52.6 Å². The van der Waals surface area contributed by atoms with Gasteiger partial charge in [0, 0.05) is 22.5 Å². The molecule has 0 fully saturated rings. The van der Waals surface area contributed by atoms with Crippen LogP contribution in [0.2, 0.25) is 5.02 Å². The van der Waals surface area contributed by atoms with Gasteiger partial charge in [0.15, 0.2) is 16.8 Å². The molecule has 0 saturated carbocycles. The van der Waals surface area contributed by atoms with Crippen molar-refractivity contribution in [2.75, 3.05) is 0 Å². The van der Waals surface area contributed by atoms with Crippen molar-refractivity contribution >= 4 is 23.4 Å². The Hall–Kier alpha value is -1.86. The van der Waals surface area contributed by atoms with Gasteiger partial charge in [0.05, 0.1) is 5.25 Å². The minimum absolute atomic E-state index is 0.0218. The number of rotatable bonds is 6. The molecular formula is C19H24ClN5OS. The minimum Gasteiger partial charge on any atom is -0.338 e. The highest BCUT2D eigenvalue weighted by molar-refractivity contribution is 7.99. The van der Waals surface area contributed by atoms with Crippen LogP contribution in [-0.2, 0) is 12.0 Å². The first-order valence-corrected chi connectivity index (χ1v) is 10.2. The Morgan fingerprint density at radius 1 is 1.19 bits per heavy atom. The van der Waals surface area contributed by atoms with E-state index in [1.54, 1.807) is 11.8 Å². The largest absolute Gasteiger partial charge is 0.338 e. The van der Waals surface area contributed by atoms with Crippen LogP contribution in [0.15, 0.2) is 33.9 Å². The molecule has 6 nitrogen and oxygen atoms in total. The first kappa shape index (κ1) is 19.9. The van der Waals surface area contributed by atoms with E-state index in [0.717, 1.165) is 29.5 Å². The molecule has 2 aromatic heterocycles. The normalized spacial score (nSPS) is 13.1. The van der Waals surface area contributed by atoms with Gasteiger partial charge in [-0.25, -0.2) is 0 Å². The molecule has 27 heavy (non-hydrogen) atoms. The van der Waals surface area contributed by atoms with Crippen LogP contribution in [0.4, 0.5) is 0 Å². The number of halogens is 1. The summed E-state index contributed by atoms with van der Waals surface area (Å²) in [4.78, 5) is 4.56. The maximum atomic E-state index is 6.01. The van der Waals surface area contributed by atoms with E-state index in [0.29, 0.717) is 16.7 Å². The monoisotopic (exact) mass is 405 g/mol. The second-order valence-corrected chi connectivity index (χ2v) is 9.18. The summed E-state index contributed by atoms with van der Waals surface area (Å²) in [5.41, 5.74) is 0.850. The van der Waals surface area contributed by atoms with E-state index >= 15 is 0 Å². The molecule has 2 heterocycles. The van der Waals surface area contributed by atoms with E-state index < -0.39 is 0 Å². The van der Waals surface area contributed by atoms with Crippen molar-refractivity contribution in [2.45, 2.75) is 63.4 Å². The second-order valence-electron chi connectivity index (χ2n) is 7.43. The Bertz CT molecular complexity index is 898. The average molecular weight is 406 g/mol. The van der Waals surface area contributed by atoms with Gasteiger partial charge in [0.2, 0.25) is 5.89 Å². The van der Waals surface area contributed by atoms with Crippen molar-refractivity contribution in [3.05, 3.63) is 41.0 Å². The molecule has 0 amide bonds. The van der Waals surface area contributed by atoms with Gasteiger partial charge in [-0.15, -0.1) is 10.2 Å². The zero-order valence-corrected chi connectivity index (χ0v) is 17.8. The molecule has 0 unspecified atom stereocenters. The quantitative estimate of drug-likeness (QED) is 0.501. The van der Waals surface area contributed by atoms with Gasteiger partial charge in [-0.05, 0) is 37.6 Å². The number of hydrogen-bond acceptors (Lipinski definition) is 6. The first-order valence-electron chi connectivity index (χ1n) is 8.99. The molecule has 3 rings (SSSR count). The molecule has 0 aliphatic rings. The average Bonchev–Trinajstić information content (AvgIpc) is 3.24. The van der Waals surface area contributed by atoms with Gasteiger partial charge in [-0.3, -0.25) is 0 Å². The lowest BCUT2D eigenvalue weighted by atomic mass is 9.96. The fraction of sp³-hybridized carbons (Fsp3) is 0.474. The van der Waals surface area contributed by atoms with Crippen LogP contribution in [0.1, 0.15) is 58.0 Å². The van der Waals surface area contributed by atoms with Gasteiger partial charge in [-0.2, -0.15) is 4.98 Å². The number of thioether (sulfide) groups is 1. The summed E-state index contributed by atoms with van der Waals surface area (Å²) >= 11 is 7.58. The van der Waals surface area contributed by atoms with Gasteiger partial charge < -0.3 is 9.09 Å². The van der Waals surface area contributed by atoms with Crippen LogP contribution in [-0.4, -0.2) is 24.9 Å². The van der Waals surface area contributed by atoms with E-state index in [1.165, 1.54) is 0 Å². The highest BCUT2D eigenvalue weighted by Crippen LogP contribution is 2.35. The predicted molar refractivity (Wildman–Crippen MR) is 108 cm³/mol. The molecule has 0 N–H and O–H groups in total. The molecule has 3 aromatic rings. The highest BCUT2D eigenvalue weighted by Gasteiger charge is 2.25. The molecule has 144 valence electrons. The van der Waals surface area contributed by atoms with Crippen molar-refractivity contribution in [2.24, 2.45) is 0 Å². The predicted octanol–water partition coefficient (Wildman–Crippen LogP) is 5.54. The summed E-state index contributed by atoms with van der Waals surface area (Å²) in [6.45, 7) is 11.2. The van der Waals surface area contributed by atoms with Crippen molar-refractivity contribution in [1.82, 2.24) is 24.9 Å². The van der Waals surface area contributed by atoms with E-state index in [1.807, 2.05) is 31.2 Å². The summed E-state index contributed by atoms with van der Waals surface area (Å²) in [6.07, 6.45) is 0.981. The summed E-state index contributed by atoms with van der Waals surface area (Å²) in [7, 11) is 0. The Balaban J connectivity index is 1.86. The lowest BCUT2D eigenvalue weighted by molar-refractivity contribution is 0.364. The molecule has 8 heteroatoms. The standard InChI is InChI=1S/C19H24ClN5OS/c1-6-11-25-15(13-7-9-14(20)10-8-13)22-23-18(25)27-12(2)16-21-17(24-26-16)19(3,4)5/h7-10,12H,6,11H2,1-5H3/t12-/m1/s1. The number of hydrogen-bond donors (Lipinski definition) is 0. The van der Waals surface area contributed by atoms with Crippen molar-refractivity contribution < 1.29 is 4.52 Å². The van der Waals surface area contributed by atoms with E-state index in [4.69, 9.17) is 16.1 Å². The summed E-state index contributed by atoms with van der Waals surface area (Å²) in [6, 6.07) is 7.65. The summed E-state index contributed by atoms with van der Waals surface area (Å²) in [5.74, 6) is 2.15. The van der Waals surface area contributed by atoms with Gasteiger partial charge >= 0.3 is 0 Å². The molecule has 0 aliphatic heterocycles. The fourth-order valence-electron chi connectivity index (χ4n) is 2.53. The van der Waals surface area contributed by atoms with Crippen molar-refractivity contribution in [3.8, 4) is 11.4 Å². The SMILES string of the molecule is CCCn1c(S[C@H](C)c2nc(C(C)(C)C)no2)nnc1-c1ccc(Cl)cc1. The zero-order chi connectivity index (χ0) is 19.6. The number of benzene rings is 1. The van der Waals surface area contributed by atoms with Gasteiger partial charge in [-0.1, -0.05) is 56.2 Å². The maximum Gasteiger partial charge on any atom is 0.239 e. The lowest BCUT2D eigenvalue weighted by Gasteiger charge is -2.12. The fourth-order valence-corrected chi connectivity index (χ4v) is 3.56. The third-order valence-corrected chi connectivity index (χ3v) is 5.33. The maximum absolute atomic E-state index is 6.01. The van der Waals surface area contributed by atoms with E-state index in [9.17, 15) is 0 Å². The molecular weight excluding hydrogens is 382 g/mol. The van der Waals surface area contributed by atoms with Gasteiger partial charge in [0.1, 0.15) is 0 Å². The third-order valence-electron chi connectivity index (χ3n) is 4.01. The number of nitrogens with zero attached hydrogens (tertiary/aromatic N) is 5. The van der Waals surface area contributed by atoms with Crippen LogP contribution in [0.5, 0.6) is 0 Å². The summed E-state index contributed by atoms with van der Waals surface area (Å²) < 4.78 is 7.61. The zero-order valence-electron chi connectivity index (χ0n) is 16.2. The van der Waals surface area contributed by atoms with Crippen LogP contribution in [0.25, 0.3) is 11.4 Å². The first-order chi connectivity index (χ1) is 12.8. The Morgan fingerprint density at radius 2 is 1.89 bits per heavy atom. The molecule has 0 radical (unpaired) electrons. The van der Waals surface area contributed by atoms with Crippen molar-refractivity contribution in [3.63, 3.8) is 0 Å². The van der Waals surface area contributed by atoms with Crippen LogP contribution in [0, 0.1) is 0 Å². The Morgan fingerprint density at radius 3 is 2.48 bits per heavy atom. The highest BCUT2D eigenvalue weighted by atomic mass is 35.5. The van der Waals surface area contributed by atoms with E-state index in [-0.39, 0.29) is 10.7 Å². The number of aromatic nitrogens is 5. The second kappa shape index (κ2) is 8.02. The third kappa shape index (κ3) is 4.52. The molecule has 0 aliphatic carbocycles. The Labute approximate surface area is 168 Å². The van der Waals surface area contributed by atoms with Crippen LogP contribution in [0.3, 0.4) is 0 Å². The molecule has 0 bridgehead atoms. The van der Waals surface area contributed by atoms with Crippen LogP contribution >= 0.6 is 23.4 Å². The van der Waals surface area contributed by atoms with Crippen molar-refractivity contribution in [1.29, 1.82) is 0 Å². The molecule has 0 spiro atoms. The van der Waals surface area contributed by atoms with Crippen LogP contribution < -0.4 is 0 Å². The lowest BCUT2D eigenvalue weighted by Crippen LogP contribution is -2.13. The Kier molecular flexibility index (Phi) is 5.91. The molecule has 1 atom stereocenters. The molecule has 0 saturated heterocycles.